The van der Waals surface area contributed by atoms with Crippen LogP contribution in [0.15, 0.2) is 0 Å². The summed E-state index contributed by atoms with van der Waals surface area (Å²) < 4.78 is 0. The van der Waals surface area contributed by atoms with Crippen LogP contribution in [0.5, 0.6) is 0 Å². The van der Waals surface area contributed by atoms with E-state index in [1.54, 1.807) is 0 Å². The van der Waals surface area contributed by atoms with Crippen LogP contribution in [0, 0.1) is 11.8 Å². The summed E-state index contributed by atoms with van der Waals surface area (Å²) in [4.78, 5) is 0. The molecular weight excluding hydrogens is 148 g/mol. The SMILES string of the molecule is CC(CN)CNCC1CCCC1. The van der Waals surface area contributed by atoms with Gasteiger partial charge in [-0.25, -0.2) is 0 Å². The predicted molar refractivity (Wildman–Crippen MR) is 53.0 cm³/mol. The first-order chi connectivity index (χ1) is 5.83. The van der Waals surface area contributed by atoms with Crippen LogP contribution in [0.1, 0.15) is 32.6 Å². The lowest BCUT2D eigenvalue weighted by molar-refractivity contribution is 0.449. The molecule has 0 aromatic carbocycles. The molecule has 0 amide bonds. The molecule has 0 bridgehead atoms. The Morgan fingerprint density at radius 3 is 2.67 bits per heavy atom. The highest BCUT2D eigenvalue weighted by Gasteiger charge is 2.14. The van der Waals surface area contributed by atoms with Crippen molar-refractivity contribution in [3.8, 4) is 0 Å². The number of hydrogen-bond donors (Lipinski definition) is 2. The molecule has 1 atom stereocenters. The minimum Gasteiger partial charge on any atom is -0.330 e. The summed E-state index contributed by atoms with van der Waals surface area (Å²) in [6.07, 6.45) is 5.76. The summed E-state index contributed by atoms with van der Waals surface area (Å²) in [5, 5.41) is 3.50. The zero-order valence-electron chi connectivity index (χ0n) is 8.18. The zero-order valence-corrected chi connectivity index (χ0v) is 8.18. The van der Waals surface area contributed by atoms with Crippen molar-refractivity contribution in [1.82, 2.24) is 5.32 Å². The Labute approximate surface area is 75.9 Å². The van der Waals surface area contributed by atoms with Crippen molar-refractivity contribution in [2.24, 2.45) is 17.6 Å². The summed E-state index contributed by atoms with van der Waals surface area (Å²) in [7, 11) is 0. The Bertz CT molecular complexity index is 108. The van der Waals surface area contributed by atoms with Gasteiger partial charge in [-0.15, -0.1) is 0 Å². The maximum absolute atomic E-state index is 5.53. The van der Waals surface area contributed by atoms with Crippen molar-refractivity contribution in [1.29, 1.82) is 0 Å². The maximum Gasteiger partial charge on any atom is -0.00110 e. The largest absolute Gasteiger partial charge is 0.330 e. The van der Waals surface area contributed by atoms with Gasteiger partial charge in [0.15, 0.2) is 0 Å². The van der Waals surface area contributed by atoms with E-state index >= 15 is 0 Å². The first kappa shape index (κ1) is 10.0. The molecule has 2 heteroatoms. The molecule has 1 rings (SSSR count). The first-order valence-electron chi connectivity index (χ1n) is 5.23. The van der Waals surface area contributed by atoms with Gasteiger partial charge in [-0.05, 0) is 44.3 Å². The van der Waals surface area contributed by atoms with Gasteiger partial charge in [0.2, 0.25) is 0 Å². The molecule has 0 heterocycles. The van der Waals surface area contributed by atoms with Crippen LogP contribution in [-0.4, -0.2) is 19.6 Å². The number of nitrogens with two attached hydrogens (primary N) is 1. The van der Waals surface area contributed by atoms with E-state index in [0.29, 0.717) is 5.92 Å². The molecule has 3 N–H and O–H groups in total. The van der Waals surface area contributed by atoms with Crippen molar-refractivity contribution in [3.05, 3.63) is 0 Å². The van der Waals surface area contributed by atoms with Gasteiger partial charge in [-0.1, -0.05) is 19.8 Å². The van der Waals surface area contributed by atoms with Crippen LogP contribution in [0.4, 0.5) is 0 Å². The average molecular weight is 170 g/mol. The van der Waals surface area contributed by atoms with Crippen molar-refractivity contribution in [2.45, 2.75) is 32.6 Å². The van der Waals surface area contributed by atoms with Gasteiger partial charge in [-0.3, -0.25) is 0 Å². The highest BCUT2D eigenvalue weighted by Crippen LogP contribution is 2.23. The van der Waals surface area contributed by atoms with E-state index in [0.717, 1.165) is 19.0 Å². The van der Waals surface area contributed by atoms with Crippen molar-refractivity contribution in [2.75, 3.05) is 19.6 Å². The van der Waals surface area contributed by atoms with Gasteiger partial charge in [0.1, 0.15) is 0 Å². The molecule has 1 unspecified atom stereocenters. The van der Waals surface area contributed by atoms with Crippen LogP contribution in [-0.2, 0) is 0 Å². The quantitative estimate of drug-likeness (QED) is 0.654. The predicted octanol–water partition coefficient (Wildman–Crippen LogP) is 1.36. The third-order valence-electron chi connectivity index (χ3n) is 2.80. The number of hydrogen-bond acceptors (Lipinski definition) is 2. The molecule has 2 nitrogen and oxygen atoms in total. The van der Waals surface area contributed by atoms with E-state index in [9.17, 15) is 0 Å². The fourth-order valence-electron chi connectivity index (χ4n) is 1.83. The molecule has 0 aromatic heterocycles. The van der Waals surface area contributed by atoms with Crippen LogP contribution in [0.2, 0.25) is 0 Å². The smallest absolute Gasteiger partial charge is 0.00110 e. The molecule has 0 aromatic rings. The normalized spacial score (nSPS) is 21.5. The standard InChI is InChI=1S/C10H22N2/c1-9(6-11)7-12-8-10-4-2-3-5-10/h9-10,12H,2-8,11H2,1H3. The van der Waals surface area contributed by atoms with Gasteiger partial charge in [-0.2, -0.15) is 0 Å². The summed E-state index contributed by atoms with van der Waals surface area (Å²) in [6, 6.07) is 0. The molecule has 1 fully saturated rings. The molecule has 1 aliphatic carbocycles. The van der Waals surface area contributed by atoms with Gasteiger partial charge in [0.25, 0.3) is 0 Å². The maximum atomic E-state index is 5.53. The third-order valence-corrected chi connectivity index (χ3v) is 2.80. The molecule has 0 saturated heterocycles. The minimum atomic E-state index is 0.631. The molecule has 0 spiro atoms. The van der Waals surface area contributed by atoms with E-state index in [2.05, 4.69) is 12.2 Å². The summed E-state index contributed by atoms with van der Waals surface area (Å²) >= 11 is 0. The Kier molecular flexibility index (Phi) is 4.62. The minimum absolute atomic E-state index is 0.631. The highest BCUT2D eigenvalue weighted by molar-refractivity contribution is 4.70. The van der Waals surface area contributed by atoms with Gasteiger partial charge >= 0.3 is 0 Å². The molecule has 1 saturated carbocycles. The summed E-state index contributed by atoms with van der Waals surface area (Å²) in [5.41, 5.74) is 5.53. The Morgan fingerprint density at radius 2 is 2.08 bits per heavy atom. The molecular formula is C10H22N2. The topological polar surface area (TPSA) is 38.0 Å². The van der Waals surface area contributed by atoms with Crippen LogP contribution in [0.3, 0.4) is 0 Å². The number of rotatable bonds is 5. The van der Waals surface area contributed by atoms with E-state index < -0.39 is 0 Å². The average Bonchev–Trinajstić information content (AvgIpc) is 2.57. The second-order valence-electron chi connectivity index (χ2n) is 4.15. The lowest BCUT2D eigenvalue weighted by Gasteiger charge is -2.13. The van der Waals surface area contributed by atoms with Crippen LogP contribution < -0.4 is 11.1 Å². The van der Waals surface area contributed by atoms with Gasteiger partial charge < -0.3 is 11.1 Å². The lowest BCUT2D eigenvalue weighted by atomic mass is 10.1. The molecule has 1 aliphatic rings. The summed E-state index contributed by atoms with van der Waals surface area (Å²) in [6.45, 7) is 5.30. The first-order valence-corrected chi connectivity index (χ1v) is 5.23. The second-order valence-corrected chi connectivity index (χ2v) is 4.15. The highest BCUT2D eigenvalue weighted by atomic mass is 14.9. The van der Waals surface area contributed by atoms with Crippen molar-refractivity contribution >= 4 is 0 Å². The molecule has 0 aliphatic heterocycles. The summed E-state index contributed by atoms with van der Waals surface area (Å²) in [5.74, 6) is 1.58. The number of nitrogens with one attached hydrogen (secondary N) is 1. The van der Waals surface area contributed by atoms with Gasteiger partial charge in [0.05, 0.1) is 0 Å². The van der Waals surface area contributed by atoms with Crippen molar-refractivity contribution in [3.63, 3.8) is 0 Å². The van der Waals surface area contributed by atoms with Crippen LogP contribution >= 0.6 is 0 Å². The Balaban J connectivity index is 1.94. The molecule has 12 heavy (non-hydrogen) atoms. The van der Waals surface area contributed by atoms with Gasteiger partial charge in [0, 0.05) is 0 Å². The van der Waals surface area contributed by atoms with Crippen LogP contribution in [0.25, 0.3) is 0 Å². The Morgan fingerprint density at radius 1 is 1.42 bits per heavy atom. The second kappa shape index (κ2) is 5.55. The zero-order chi connectivity index (χ0) is 8.81. The monoisotopic (exact) mass is 170 g/mol. The van der Waals surface area contributed by atoms with Crippen molar-refractivity contribution < 1.29 is 0 Å². The fourth-order valence-corrected chi connectivity index (χ4v) is 1.83. The third kappa shape index (κ3) is 3.55. The Hall–Kier alpha value is -0.0800. The van der Waals surface area contributed by atoms with E-state index in [1.807, 2.05) is 0 Å². The van der Waals surface area contributed by atoms with E-state index in [-0.39, 0.29) is 0 Å². The van der Waals surface area contributed by atoms with E-state index in [4.69, 9.17) is 5.73 Å². The fraction of sp³-hybridized carbons (Fsp3) is 1.00. The lowest BCUT2D eigenvalue weighted by Crippen LogP contribution is -2.29. The molecule has 72 valence electrons. The molecule has 0 radical (unpaired) electrons. The van der Waals surface area contributed by atoms with E-state index in [1.165, 1.54) is 32.2 Å².